The molecule has 0 saturated carbocycles. The summed E-state index contributed by atoms with van der Waals surface area (Å²) in [5.41, 5.74) is -1.37. The molecule has 2 heterocycles. The highest BCUT2D eigenvalue weighted by Crippen LogP contribution is 2.33. The van der Waals surface area contributed by atoms with Gasteiger partial charge in [-0.25, -0.2) is 14.8 Å². The molecule has 2 aromatic heterocycles. The van der Waals surface area contributed by atoms with Gasteiger partial charge in [-0.3, -0.25) is 0 Å². The number of carboxylic acid groups (broad SMARTS) is 1. The number of carbonyl (C=O) groups is 1. The van der Waals surface area contributed by atoms with E-state index in [0.717, 1.165) is 17.0 Å². The molecule has 2 aromatic rings. The van der Waals surface area contributed by atoms with Gasteiger partial charge in [0, 0.05) is 24.2 Å². The van der Waals surface area contributed by atoms with E-state index in [-0.39, 0.29) is 11.7 Å². The Labute approximate surface area is 118 Å². The number of carboxylic acids is 1. The molecule has 0 unspecified atom stereocenters. The first kappa shape index (κ1) is 15.0. The SMILES string of the molecule is CC(C)c1cc(-n2cc(C(=O)O)c(C(F)(F)F)c2)ncn1. The maximum atomic E-state index is 12.8. The van der Waals surface area contributed by atoms with Crippen molar-refractivity contribution in [1.29, 1.82) is 0 Å². The lowest BCUT2D eigenvalue weighted by Gasteiger charge is -2.07. The van der Waals surface area contributed by atoms with Gasteiger partial charge in [0.1, 0.15) is 12.1 Å². The van der Waals surface area contributed by atoms with Crippen molar-refractivity contribution in [2.24, 2.45) is 0 Å². The molecule has 0 bridgehead atoms. The number of hydrogen-bond acceptors (Lipinski definition) is 3. The summed E-state index contributed by atoms with van der Waals surface area (Å²) < 4.78 is 39.5. The third kappa shape index (κ3) is 3.04. The fraction of sp³-hybridized carbons (Fsp3) is 0.308. The zero-order chi connectivity index (χ0) is 15.8. The Morgan fingerprint density at radius 2 is 1.95 bits per heavy atom. The zero-order valence-corrected chi connectivity index (χ0v) is 11.2. The van der Waals surface area contributed by atoms with E-state index in [1.54, 1.807) is 0 Å². The van der Waals surface area contributed by atoms with Crippen LogP contribution in [-0.4, -0.2) is 25.6 Å². The molecular formula is C13H12F3N3O2. The number of nitrogens with zero attached hydrogens (tertiary/aromatic N) is 3. The van der Waals surface area contributed by atoms with Gasteiger partial charge in [0.05, 0.1) is 11.1 Å². The fourth-order valence-electron chi connectivity index (χ4n) is 1.80. The fourth-order valence-corrected chi connectivity index (χ4v) is 1.80. The van der Waals surface area contributed by atoms with Crippen molar-refractivity contribution in [1.82, 2.24) is 14.5 Å². The summed E-state index contributed by atoms with van der Waals surface area (Å²) >= 11 is 0. The predicted octanol–water partition coefficient (Wildman–Crippen LogP) is 3.11. The van der Waals surface area contributed by atoms with Gasteiger partial charge in [-0.05, 0) is 5.92 Å². The van der Waals surface area contributed by atoms with Crippen LogP contribution in [-0.2, 0) is 6.18 Å². The molecule has 0 aromatic carbocycles. The molecule has 0 amide bonds. The Morgan fingerprint density at radius 1 is 1.29 bits per heavy atom. The summed E-state index contributed by atoms with van der Waals surface area (Å²) in [5, 5.41) is 8.89. The molecule has 0 fully saturated rings. The lowest BCUT2D eigenvalue weighted by molar-refractivity contribution is -0.138. The number of aromatic carboxylic acids is 1. The minimum Gasteiger partial charge on any atom is -0.478 e. The van der Waals surface area contributed by atoms with Crippen molar-refractivity contribution in [3.8, 4) is 5.82 Å². The first-order valence-corrected chi connectivity index (χ1v) is 6.05. The van der Waals surface area contributed by atoms with Gasteiger partial charge < -0.3 is 9.67 Å². The highest BCUT2D eigenvalue weighted by Gasteiger charge is 2.37. The third-order valence-electron chi connectivity index (χ3n) is 2.89. The molecule has 0 aliphatic carbocycles. The second-order valence-electron chi connectivity index (χ2n) is 4.75. The van der Waals surface area contributed by atoms with Crippen molar-refractivity contribution in [3.05, 3.63) is 41.6 Å². The maximum absolute atomic E-state index is 12.8. The van der Waals surface area contributed by atoms with E-state index in [1.807, 2.05) is 13.8 Å². The summed E-state index contributed by atoms with van der Waals surface area (Å²) in [6.45, 7) is 3.76. The van der Waals surface area contributed by atoms with E-state index >= 15 is 0 Å². The molecule has 5 nitrogen and oxygen atoms in total. The van der Waals surface area contributed by atoms with E-state index in [9.17, 15) is 18.0 Å². The van der Waals surface area contributed by atoms with Crippen molar-refractivity contribution in [3.63, 3.8) is 0 Å². The molecule has 0 aliphatic rings. The summed E-state index contributed by atoms with van der Waals surface area (Å²) in [5.74, 6) is -1.38. The Kier molecular flexibility index (Phi) is 3.71. The Hall–Kier alpha value is -2.38. The van der Waals surface area contributed by atoms with Crippen LogP contribution < -0.4 is 0 Å². The average molecular weight is 299 g/mol. The monoisotopic (exact) mass is 299 g/mol. The first-order chi connectivity index (χ1) is 9.70. The van der Waals surface area contributed by atoms with Crippen LogP contribution in [0.4, 0.5) is 13.2 Å². The van der Waals surface area contributed by atoms with Crippen LogP contribution in [0.5, 0.6) is 0 Å². The second-order valence-corrected chi connectivity index (χ2v) is 4.75. The largest absolute Gasteiger partial charge is 0.478 e. The second kappa shape index (κ2) is 5.19. The van der Waals surface area contributed by atoms with E-state index in [2.05, 4.69) is 9.97 Å². The highest BCUT2D eigenvalue weighted by molar-refractivity contribution is 5.89. The molecule has 21 heavy (non-hydrogen) atoms. The van der Waals surface area contributed by atoms with Gasteiger partial charge in [0.2, 0.25) is 0 Å². The molecule has 0 spiro atoms. The van der Waals surface area contributed by atoms with Crippen LogP contribution in [0, 0.1) is 0 Å². The summed E-state index contributed by atoms with van der Waals surface area (Å²) in [7, 11) is 0. The molecular weight excluding hydrogens is 287 g/mol. The number of alkyl halides is 3. The van der Waals surface area contributed by atoms with Gasteiger partial charge in [0.15, 0.2) is 0 Å². The third-order valence-corrected chi connectivity index (χ3v) is 2.89. The van der Waals surface area contributed by atoms with Crippen LogP contribution in [0.2, 0.25) is 0 Å². The summed E-state index contributed by atoms with van der Waals surface area (Å²) in [6, 6.07) is 1.52. The van der Waals surface area contributed by atoms with Gasteiger partial charge in [0.25, 0.3) is 0 Å². The normalized spacial score (nSPS) is 11.9. The van der Waals surface area contributed by atoms with Gasteiger partial charge in [-0.2, -0.15) is 13.2 Å². The molecule has 8 heteroatoms. The Balaban J connectivity index is 2.55. The van der Waals surface area contributed by atoms with Gasteiger partial charge in [-0.1, -0.05) is 13.8 Å². The molecule has 112 valence electrons. The zero-order valence-electron chi connectivity index (χ0n) is 11.2. The summed E-state index contributed by atoms with van der Waals surface area (Å²) in [4.78, 5) is 18.8. The van der Waals surface area contributed by atoms with Crippen molar-refractivity contribution in [2.75, 3.05) is 0 Å². The Bertz CT molecular complexity index is 678. The molecule has 0 radical (unpaired) electrons. The lowest BCUT2D eigenvalue weighted by Crippen LogP contribution is -2.09. The molecule has 0 atom stereocenters. The van der Waals surface area contributed by atoms with Crippen LogP contribution in [0.1, 0.15) is 41.4 Å². The van der Waals surface area contributed by atoms with Crippen LogP contribution in [0.25, 0.3) is 5.82 Å². The molecule has 1 N–H and O–H groups in total. The topological polar surface area (TPSA) is 68.0 Å². The van der Waals surface area contributed by atoms with Crippen LogP contribution in [0.15, 0.2) is 24.8 Å². The Morgan fingerprint density at radius 3 is 2.43 bits per heavy atom. The number of hydrogen-bond donors (Lipinski definition) is 1. The van der Waals surface area contributed by atoms with E-state index < -0.39 is 23.3 Å². The predicted molar refractivity (Wildman–Crippen MR) is 67.4 cm³/mol. The maximum Gasteiger partial charge on any atom is 0.418 e. The average Bonchev–Trinajstić information content (AvgIpc) is 2.84. The van der Waals surface area contributed by atoms with E-state index in [1.165, 1.54) is 12.4 Å². The standard InChI is InChI=1S/C13H12F3N3O2/c1-7(2)10-3-11(18-6-17-10)19-4-8(12(20)21)9(5-19)13(14,15)16/h3-7H,1-2H3,(H,20,21). The molecule has 0 saturated heterocycles. The minimum absolute atomic E-state index is 0.0725. The van der Waals surface area contributed by atoms with Gasteiger partial charge in [-0.15, -0.1) is 0 Å². The van der Waals surface area contributed by atoms with Crippen molar-refractivity contribution in [2.45, 2.75) is 25.9 Å². The minimum atomic E-state index is -4.74. The van der Waals surface area contributed by atoms with Gasteiger partial charge >= 0.3 is 12.1 Å². The smallest absolute Gasteiger partial charge is 0.418 e. The molecule has 0 aliphatic heterocycles. The quantitative estimate of drug-likeness (QED) is 0.945. The lowest BCUT2D eigenvalue weighted by atomic mass is 10.1. The highest BCUT2D eigenvalue weighted by atomic mass is 19.4. The molecule has 2 rings (SSSR count). The summed E-state index contributed by atoms with van der Waals surface area (Å²) in [6.07, 6.45) is -1.89. The number of aromatic nitrogens is 3. The number of rotatable bonds is 3. The van der Waals surface area contributed by atoms with Crippen molar-refractivity contribution >= 4 is 5.97 Å². The number of halogens is 3. The van der Waals surface area contributed by atoms with E-state index in [4.69, 9.17) is 5.11 Å². The van der Waals surface area contributed by atoms with E-state index in [0.29, 0.717) is 5.69 Å². The van der Waals surface area contributed by atoms with Crippen molar-refractivity contribution < 1.29 is 23.1 Å². The first-order valence-electron chi connectivity index (χ1n) is 6.05. The van der Waals surface area contributed by atoms with Crippen LogP contribution >= 0.6 is 0 Å². The van der Waals surface area contributed by atoms with Crippen LogP contribution in [0.3, 0.4) is 0 Å².